The Morgan fingerprint density at radius 3 is 2.35 bits per heavy atom. The Morgan fingerprint density at radius 1 is 0.950 bits per heavy atom. The molecule has 0 atom stereocenters. The highest BCUT2D eigenvalue weighted by Gasteiger charge is 2.23. The van der Waals surface area contributed by atoms with Crippen molar-refractivity contribution in [2.45, 2.75) is 26.5 Å². The van der Waals surface area contributed by atoms with Gasteiger partial charge in [0.25, 0.3) is 5.56 Å². The third-order valence-corrected chi connectivity index (χ3v) is 8.15. The summed E-state index contributed by atoms with van der Waals surface area (Å²) in [5, 5.41) is 0.204. The number of nitrogens with zero attached hydrogens (tertiary/aromatic N) is 2. The molecule has 3 aromatic carbocycles. The first-order valence-electron chi connectivity index (χ1n) is 12.8. The van der Waals surface area contributed by atoms with Gasteiger partial charge < -0.3 is 4.74 Å². The van der Waals surface area contributed by atoms with Crippen LogP contribution in [0, 0.1) is 12.7 Å². The van der Waals surface area contributed by atoms with Crippen molar-refractivity contribution in [1.82, 2.24) is 9.55 Å². The van der Waals surface area contributed by atoms with E-state index in [4.69, 9.17) is 9.72 Å². The maximum atomic E-state index is 15.2. The zero-order valence-corrected chi connectivity index (χ0v) is 24.2. The van der Waals surface area contributed by atoms with Crippen molar-refractivity contribution in [2.75, 3.05) is 5.33 Å². The van der Waals surface area contributed by atoms with Crippen molar-refractivity contribution in [3.05, 3.63) is 129 Å². The van der Waals surface area contributed by atoms with Crippen LogP contribution in [0.1, 0.15) is 26.5 Å². The Labute approximate surface area is 244 Å². The number of ketones is 1. The summed E-state index contributed by atoms with van der Waals surface area (Å²) in [5.41, 5.74) is 3.02. The lowest BCUT2D eigenvalue weighted by molar-refractivity contribution is 0.102. The van der Waals surface area contributed by atoms with Gasteiger partial charge in [-0.05, 0) is 48.7 Å². The summed E-state index contributed by atoms with van der Waals surface area (Å²) in [7, 11) is 0. The fourth-order valence-corrected chi connectivity index (χ4v) is 6.01. The summed E-state index contributed by atoms with van der Waals surface area (Å²) in [4.78, 5) is 32.5. The van der Waals surface area contributed by atoms with Crippen LogP contribution in [0.3, 0.4) is 0 Å². The lowest BCUT2D eigenvalue weighted by atomic mass is 10.1. The molecule has 8 heteroatoms. The molecule has 0 N–H and O–H groups in total. The minimum atomic E-state index is -0.532. The van der Waals surface area contributed by atoms with Crippen LogP contribution in [0.2, 0.25) is 0 Å². The predicted molar refractivity (Wildman–Crippen MR) is 161 cm³/mol. The SMILES string of the molecule is Cc1nc(-c2cccc(F)c2OCc2ccccc2)n(CCc2ccccc2)c(=O)c1-c1ccc(C(=O)CBr)s1. The number of alkyl halides is 1. The van der Waals surface area contributed by atoms with Crippen LogP contribution < -0.4 is 10.3 Å². The van der Waals surface area contributed by atoms with Crippen LogP contribution in [-0.2, 0) is 19.6 Å². The number of rotatable bonds is 10. The molecule has 0 saturated heterocycles. The minimum Gasteiger partial charge on any atom is -0.485 e. The number of carbonyl (C=O) groups excluding carboxylic acids is 1. The second-order valence-corrected chi connectivity index (χ2v) is 10.8. The Bertz CT molecular complexity index is 1700. The zero-order chi connectivity index (χ0) is 28.1. The van der Waals surface area contributed by atoms with Gasteiger partial charge in [0.05, 0.1) is 27.0 Å². The Hall–Kier alpha value is -3.88. The first kappa shape index (κ1) is 27.7. The summed E-state index contributed by atoms with van der Waals surface area (Å²) >= 11 is 4.48. The Balaban J connectivity index is 1.63. The minimum absolute atomic E-state index is 0.0418. The van der Waals surface area contributed by atoms with E-state index in [-0.39, 0.29) is 29.0 Å². The van der Waals surface area contributed by atoms with Gasteiger partial charge in [0.15, 0.2) is 17.3 Å². The first-order valence-corrected chi connectivity index (χ1v) is 14.7. The molecule has 5 nitrogen and oxygen atoms in total. The van der Waals surface area contributed by atoms with Crippen molar-refractivity contribution in [2.24, 2.45) is 0 Å². The second kappa shape index (κ2) is 12.5. The molecule has 202 valence electrons. The number of hydrogen-bond acceptors (Lipinski definition) is 5. The quantitative estimate of drug-likeness (QED) is 0.120. The number of hydrogen-bond donors (Lipinski definition) is 0. The number of benzene rings is 3. The largest absolute Gasteiger partial charge is 0.485 e. The lowest BCUT2D eigenvalue weighted by Gasteiger charge is -2.18. The predicted octanol–water partition coefficient (Wildman–Crippen LogP) is 7.49. The molecule has 5 rings (SSSR count). The standard InChI is InChI=1S/C32H26BrFN2O3S/c1-21-29(28-16-15-27(40-28)26(37)19-33)32(38)36(18-17-22-9-4-2-5-10-22)31(35-21)24-13-8-14-25(34)30(24)39-20-23-11-6-3-7-12-23/h2-16H,17-20H2,1H3. The molecule has 0 radical (unpaired) electrons. The van der Waals surface area contributed by atoms with Crippen molar-refractivity contribution in [3.8, 4) is 27.6 Å². The third-order valence-electron chi connectivity index (χ3n) is 6.50. The van der Waals surface area contributed by atoms with Crippen molar-refractivity contribution >= 4 is 33.0 Å². The Morgan fingerprint density at radius 2 is 1.65 bits per heavy atom. The summed E-state index contributed by atoms with van der Waals surface area (Å²) < 4.78 is 22.8. The monoisotopic (exact) mass is 616 g/mol. The molecular weight excluding hydrogens is 591 g/mol. The average Bonchev–Trinajstić information content (AvgIpc) is 3.46. The van der Waals surface area contributed by atoms with E-state index in [0.717, 1.165) is 11.1 Å². The normalized spacial score (nSPS) is 11.0. The number of aromatic nitrogens is 2. The van der Waals surface area contributed by atoms with E-state index < -0.39 is 5.82 Å². The van der Waals surface area contributed by atoms with Crippen LogP contribution >= 0.6 is 27.3 Å². The molecule has 0 bridgehead atoms. The van der Waals surface area contributed by atoms with Crippen LogP contribution in [0.25, 0.3) is 21.8 Å². The van der Waals surface area contributed by atoms with Gasteiger partial charge in [-0.15, -0.1) is 11.3 Å². The van der Waals surface area contributed by atoms with Gasteiger partial charge in [-0.25, -0.2) is 9.37 Å². The van der Waals surface area contributed by atoms with Gasteiger partial charge in [0.2, 0.25) is 0 Å². The van der Waals surface area contributed by atoms with Gasteiger partial charge >= 0.3 is 0 Å². The molecule has 0 saturated carbocycles. The van der Waals surface area contributed by atoms with Crippen molar-refractivity contribution < 1.29 is 13.9 Å². The molecule has 5 aromatic rings. The second-order valence-electron chi connectivity index (χ2n) is 9.20. The van der Waals surface area contributed by atoms with E-state index >= 15 is 4.39 Å². The molecule has 0 unspecified atom stereocenters. The van der Waals surface area contributed by atoms with E-state index in [0.29, 0.717) is 45.4 Å². The topological polar surface area (TPSA) is 61.2 Å². The van der Waals surface area contributed by atoms with Gasteiger partial charge in [-0.3, -0.25) is 14.2 Å². The van der Waals surface area contributed by atoms with E-state index in [1.54, 1.807) is 35.8 Å². The average molecular weight is 618 g/mol. The van der Waals surface area contributed by atoms with Gasteiger partial charge in [-0.2, -0.15) is 0 Å². The summed E-state index contributed by atoms with van der Waals surface area (Å²) in [6, 6.07) is 27.5. The molecule has 0 spiro atoms. The third kappa shape index (κ3) is 5.98. The van der Waals surface area contributed by atoms with Crippen molar-refractivity contribution in [1.29, 1.82) is 0 Å². The molecule has 0 aliphatic rings. The van der Waals surface area contributed by atoms with Crippen LogP contribution in [0.5, 0.6) is 5.75 Å². The molecule has 0 aliphatic carbocycles. The van der Waals surface area contributed by atoms with Gasteiger partial charge in [-0.1, -0.05) is 82.7 Å². The lowest BCUT2D eigenvalue weighted by Crippen LogP contribution is -2.27. The summed E-state index contributed by atoms with van der Waals surface area (Å²) in [6.07, 6.45) is 0.575. The summed E-state index contributed by atoms with van der Waals surface area (Å²) in [6.45, 7) is 2.25. The summed E-state index contributed by atoms with van der Waals surface area (Å²) in [5.74, 6) is -0.212. The highest BCUT2D eigenvalue weighted by atomic mass is 79.9. The van der Waals surface area contributed by atoms with E-state index in [1.165, 1.54) is 17.4 Å². The fraction of sp³-hybridized carbons (Fsp3) is 0.156. The van der Waals surface area contributed by atoms with E-state index in [1.807, 2.05) is 60.7 Å². The highest BCUT2D eigenvalue weighted by Crippen LogP contribution is 2.34. The van der Waals surface area contributed by atoms with Crippen LogP contribution in [0.15, 0.2) is 95.8 Å². The molecule has 0 amide bonds. The maximum Gasteiger partial charge on any atom is 0.262 e. The van der Waals surface area contributed by atoms with Gasteiger partial charge in [0, 0.05) is 11.4 Å². The first-order chi connectivity index (χ1) is 19.5. The molecular formula is C32H26BrFN2O3S. The number of halogens is 2. The number of para-hydroxylation sites is 1. The van der Waals surface area contributed by atoms with E-state index in [9.17, 15) is 9.59 Å². The maximum absolute atomic E-state index is 15.2. The fourth-order valence-electron chi connectivity index (χ4n) is 4.49. The van der Waals surface area contributed by atoms with Crippen LogP contribution in [0.4, 0.5) is 4.39 Å². The van der Waals surface area contributed by atoms with Crippen molar-refractivity contribution in [3.63, 3.8) is 0 Å². The molecule has 0 aliphatic heterocycles. The smallest absolute Gasteiger partial charge is 0.262 e. The highest BCUT2D eigenvalue weighted by molar-refractivity contribution is 9.09. The van der Waals surface area contributed by atoms with Gasteiger partial charge in [0.1, 0.15) is 12.4 Å². The Kier molecular flexibility index (Phi) is 8.67. The molecule has 2 heterocycles. The number of ether oxygens (including phenoxy) is 1. The van der Waals surface area contributed by atoms with E-state index in [2.05, 4.69) is 15.9 Å². The molecule has 40 heavy (non-hydrogen) atoms. The number of carbonyl (C=O) groups is 1. The molecule has 2 aromatic heterocycles. The number of thiophene rings is 1. The number of Topliss-reactive ketones (excluding diaryl/α,β-unsaturated/α-hetero) is 1. The number of aryl methyl sites for hydroxylation is 2. The van der Waals surface area contributed by atoms with Crippen LogP contribution in [-0.4, -0.2) is 20.7 Å². The molecule has 0 fully saturated rings. The zero-order valence-electron chi connectivity index (χ0n) is 21.8.